The molecule has 0 radical (unpaired) electrons. The second-order valence-electron chi connectivity index (χ2n) is 7.22. The SMILES string of the molecule is C[C@@H](Sc1nc(-c2cccs2)c(-c2cccs2)[nH]1)C(=O)NC1(C#N)CCCCC1. The summed E-state index contributed by atoms with van der Waals surface area (Å²) in [6.07, 6.45) is 4.58. The number of thiophene rings is 2. The van der Waals surface area contributed by atoms with Crippen LogP contribution in [0, 0.1) is 11.3 Å². The second-order valence-corrected chi connectivity index (χ2v) is 10.4. The molecule has 1 aliphatic carbocycles. The van der Waals surface area contributed by atoms with Gasteiger partial charge in [0.25, 0.3) is 0 Å². The smallest absolute Gasteiger partial charge is 0.234 e. The normalized spacial score (nSPS) is 16.8. The zero-order valence-electron chi connectivity index (χ0n) is 16.1. The number of hydrogen-bond donors (Lipinski definition) is 2. The number of nitriles is 1. The van der Waals surface area contributed by atoms with Crippen LogP contribution in [0.4, 0.5) is 0 Å². The van der Waals surface area contributed by atoms with Crippen LogP contribution in [-0.2, 0) is 4.79 Å². The number of aromatic amines is 1. The average molecular weight is 443 g/mol. The van der Waals surface area contributed by atoms with E-state index in [-0.39, 0.29) is 11.2 Å². The van der Waals surface area contributed by atoms with Gasteiger partial charge in [0.2, 0.25) is 5.91 Å². The number of aromatic nitrogens is 2. The molecule has 0 saturated heterocycles. The molecule has 0 aliphatic heterocycles. The lowest BCUT2D eigenvalue weighted by Crippen LogP contribution is -2.50. The molecule has 0 bridgehead atoms. The molecule has 29 heavy (non-hydrogen) atoms. The van der Waals surface area contributed by atoms with E-state index in [0.29, 0.717) is 5.16 Å². The van der Waals surface area contributed by atoms with Gasteiger partial charge in [0.1, 0.15) is 11.2 Å². The molecule has 4 rings (SSSR count). The largest absolute Gasteiger partial charge is 0.337 e. The molecular weight excluding hydrogens is 420 g/mol. The number of thioether (sulfide) groups is 1. The number of imidazole rings is 1. The average Bonchev–Trinajstić information content (AvgIpc) is 3.49. The minimum Gasteiger partial charge on any atom is -0.337 e. The van der Waals surface area contributed by atoms with Gasteiger partial charge in [0, 0.05) is 0 Å². The Morgan fingerprint density at radius 2 is 1.93 bits per heavy atom. The molecule has 8 heteroatoms. The van der Waals surface area contributed by atoms with Crippen molar-refractivity contribution >= 4 is 40.3 Å². The minimum atomic E-state index is -0.711. The number of carbonyl (C=O) groups excluding carboxylic acids is 1. The maximum absolute atomic E-state index is 12.8. The highest BCUT2D eigenvalue weighted by atomic mass is 32.2. The lowest BCUT2D eigenvalue weighted by molar-refractivity contribution is -0.121. The fourth-order valence-corrected chi connectivity index (χ4v) is 5.83. The van der Waals surface area contributed by atoms with Crippen LogP contribution in [0.3, 0.4) is 0 Å². The summed E-state index contributed by atoms with van der Waals surface area (Å²) in [5.41, 5.74) is 1.19. The van der Waals surface area contributed by atoms with Gasteiger partial charge in [-0.05, 0) is 42.7 Å². The molecule has 1 amide bonds. The Morgan fingerprint density at radius 3 is 2.55 bits per heavy atom. The van der Waals surface area contributed by atoms with Gasteiger partial charge >= 0.3 is 0 Å². The number of nitrogens with zero attached hydrogens (tertiary/aromatic N) is 2. The number of H-pyrrole nitrogens is 1. The first-order valence-electron chi connectivity index (χ1n) is 9.68. The van der Waals surface area contributed by atoms with Crippen LogP contribution >= 0.6 is 34.4 Å². The molecule has 1 saturated carbocycles. The van der Waals surface area contributed by atoms with E-state index in [4.69, 9.17) is 4.98 Å². The van der Waals surface area contributed by atoms with Crippen LogP contribution in [-0.4, -0.2) is 26.7 Å². The molecule has 0 unspecified atom stereocenters. The molecular formula is C21H22N4OS3. The van der Waals surface area contributed by atoms with Crippen LogP contribution in [0.2, 0.25) is 0 Å². The summed E-state index contributed by atoms with van der Waals surface area (Å²) in [6, 6.07) is 10.5. The highest BCUT2D eigenvalue weighted by Gasteiger charge is 2.35. The van der Waals surface area contributed by atoms with E-state index in [1.807, 2.05) is 29.8 Å². The predicted octanol–water partition coefficient (Wildman–Crippen LogP) is 5.69. The van der Waals surface area contributed by atoms with Gasteiger partial charge in [0.15, 0.2) is 5.16 Å². The molecule has 1 aliphatic rings. The Morgan fingerprint density at radius 1 is 1.24 bits per heavy atom. The van der Waals surface area contributed by atoms with Gasteiger partial charge in [0.05, 0.1) is 26.8 Å². The van der Waals surface area contributed by atoms with Crippen LogP contribution < -0.4 is 5.32 Å². The first-order valence-corrected chi connectivity index (χ1v) is 12.3. The molecule has 3 aromatic heterocycles. The Hall–Kier alpha value is -2.08. The number of amides is 1. The van der Waals surface area contributed by atoms with Gasteiger partial charge in [-0.25, -0.2) is 4.98 Å². The fourth-order valence-electron chi connectivity index (χ4n) is 3.58. The highest BCUT2D eigenvalue weighted by molar-refractivity contribution is 8.00. The zero-order chi connectivity index (χ0) is 20.3. The Labute approximate surface area is 182 Å². The number of rotatable bonds is 6. The van der Waals surface area contributed by atoms with Gasteiger partial charge in [-0.2, -0.15) is 5.26 Å². The van der Waals surface area contributed by atoms with E-state index in [0.717, 1.165) is 53.2 Å². The van der Waals surface area contributed by atoms with Crippen molar-refractivity contribution in [3.05, 3.63) is 35.0 Å². The van der Waals surface area contributed by atoms with Crippen molar-refractivity contribution in [2.24, 2.45) is 0 Å². The maximum Gasteiger partial charge on any atom is 0.234 e. The molecule has 5 nitrogen and oxygen atoms in total. The number of hydrogen-bond acceptors (Lipinski definition) is 6. The standard InChI is InChI=1S/C21H22N4OS3/c1-14(19(26)25-21(13-22)9-3-2-4-10-21)29-20-23-17(15-7-5-11-27-15)18(24-20)16-8-6-12-28-16/h5-8,11-12,14H,2-4,9-10H2,1H3,(H,23,24)(H,25,26)/t14-/m1/s1. The summed E-state index contributed by atoms with van der Waals surface area (Å²) < 4.78 is 0. The van der Waals surface area contributed by atoms with E-state index >= 15 is 0 Å². The summed E-state index contributed by atoms with van der Waals surface area (Å²) in [4.78, 5) is 23.2. The van der Waals surface area contributed by atoms with Crippen molar-refractivity contribution in [2.75, 3.05) is 0 Å². The molecule has 1 atom stereocenters. The number of nitrogens with one attached hydrogen (secondary N) is 2. The summed E-state index contributed by atoms with van der Waals surface area (Å²) in [6.45, 7) is 1.87. The van der Waals surface area contributed by atoms with Crippen molar-refractivity contribution in [3.8, 4) is 27.2 Å². The monoisotopic (exact) mass is 442 g/mol. The van der Waals surface area contributed by atoms with Gasteiger partial charge in [-0.15, -0.1) is 22.7 Å². The molecule has 1 fully saturated rings. The summed E-state index contributed by atoms with van der Waals surface area (Å²) in [5, 5.41) is 17.1. The second kappa shape index (κ2) is 8.74. The van der Waals surface area contributed by atoms with Gasteiger partial charge < -0.3 is 10.3 Å². The maximum atomic E-state index is 12.8. The fraction of sp³-hybridized carbons (Fsp3) is 0.381. The highest BCUT2D eigenvalue weighted by Crippen LogP contribution is 2.37. The lowest BCUT2D eigenvalue weighted by atomic mass is 9.83. The van der Waals surface area contributed by atoms with Crippen molar-refractivity contribution in [1.82, 2.24) is 15.3 Å². The minimum absolute atomic E-state index is 0.106. The quantitative estimate of drug-likeness (QED) is 0.481. The molecule has 3 heterocycles. The lowest BCUT2D eigenvalue weighted by Gasteiger charge is -2.32. The van der Waals surface area contributed by atoms with Crippen molar-refractivity contribution in [2.45, 2.75) is 55.0 Å². The first kappa shape index (κ1) is 20.2. The van der Waals surface area contributed by atoms with Crippen molar-refractivity contribution in [3.63, 3.8) is 0 Å². The van der Waals surface area contributed by atoms with Crippen LogP contribution in [0.25, 0.3) is 21.1 Å². The molecule has 2 N–H and O–H groups in total. The Bertz CT molecular complexity index is 944. The number of carbonyl (C=O) groups is 1. The van der Waals surface area contributed by atoms with Gasteiger partial charge in [-0.1, -0.05) is 43.2 Å². The zero-order valence-corrected chi connectivity index (χ0v) is 18.6. The predicted molar refractivity (Wildman–Crippen MR) is 120 cm³/mol. The van der Waals surface area contributed by atoms with Crippen molar-refractivity contribution < 1.29 is 4.79 Å². The van der Waals surface area contributed by atoms with E-state index in [2.05, 4.69) is 28.5 Å². The summed E-state index contributed by atoms with van der Waals surface area (Å²) >= 11 is 4.71. The Kier molecular flexibility index (Phi) is 6.09. The van der Waals surface area contributed by atoms with Crippen LogP contribution in [0.5, 0.6) is 0 Å². The third-order valence-electron chi connectivity index (χ3n) is 5.15. The van der Waals surface area contributed by atoms with E-state index in [1.165, 1.54) is 11.8 Å². The topological polar surface area (TPSA) is 81.6 Å². The summed E-state index contributed by atoms with van der Waals surface area (Å²) in [5.74, 6) is -0.106. The Balaban J connectivity index is 1.52. The third kappa shape index (κ3) is 4.42. The molecule has 0 spiro atoms. The van der Waals surface area contributed by atoms with Gasteiger partial charge in [-0.3, -0.25) is 4.79 Å². The van der Waals surface area contributed by atoms with Crippen LogP contribution in [0.15, 0.2) is 40.2 Å². The van der Waals surface area contributed by atoms with E-state index in [9.17, 15) is 10.1 Å². The summed E-state index contributed by atoms with van der Waals surface area (Å²) in [7, 11) is 0. The third-order valence-corrected chi connectivity index (χ3v) is 7.89. The molecule has 0 aromatic carbocycles. The molecule has 3 aromatic rings. The van der Waals surface area contributed by atoms with Crippen LogP contribution in [0.1, 0.15) is 39.0 Å². The van der Waals surface area contributed by atoms with E-state index < -0.39 is 5.54 Å². The first-order chi connectivity index (χ1) is 14.1. The van der Waals surface area contributed by atoms with Crippen molar-refractivity contribution in [1.29, 1.82) is 5.26 Å². The molecule has 150 valence electrons. The van der Waals surface area contributed by atoms with E-state index in [1.54, 1.807) is 22.7 Å².